The Bertz CT molecular complexity index is 339. The van der Waals surface area contributed by atoms with Gasteiger partial charge in [-0.2, -0.15) is 0 Å². The summed E-state index contributed by atoms with van der Waals surface area (Å²) in [5, 5.41) is 13.1. The quantitative estimate of drug-likeness (QED) is 0.746. The van der Waals surface area contributed by atoms with Gasteiger partial charge in [0.25, 0.3) is 0 Å². The number of ether oxygens (including phenoxy) is 1. The third-order valence-electron chi connectivity index (χ3n) is 2.69. The number of rotatable bonds is 8. The van der Waals surface area contributed by atoms with Crippen molar-refractivity contribution in [3.05, 3.63) is 29.8 Å². The maximum absolute atomic E-state index is 9.80. The second-order valence-corrected chi connectivity index (χ2v) is 4.98. The highest BCUT2D eigenvalue weighted by Gasteiger charge is 2.06. The maximum Gasteiger partial charge on any atom is 0.0945 e. The third kappa shape index (κ3) is 5.52. The lowest BCUT2D eigenvalue weighted by Crippen LogP contribution is -2.26. The van der Waals surface area contributed by atoms with Crippen molar-refractivity contribution in [3.63, 3.8) is 0 Å². The van der Waals surface area contributed by atoms with Gasteiger partial charge in [0.15, 0.2) is 0 Å². The summed E-state index contributed by atoms with van der Waals surface area (Å²) in [6, 6.07) is 8.18. The molecule has 1 atom stereocenters. The fraction of sp³-hybridized carbons (Fsp3) is 0.600. The van der Waals surface area contributed by atoms with Crippen molar-refractivity contribution in [1.82, 2.24) is 0 Å². The second-order valence-electron chi connectivity index (χ2n) is 4.98. The van der Waals surface area contributed by atoms with E-state index < -0.39 is 6.10 Å². The lowest BCUT2D eigenvalue weighted by Gasteiger charge is -2.16. The van der Waals surface area contributed by atoms with Crippen LogP contribution in [-0.4, -0.2) is 31.0 Å². The minimum atomic E-state index is -0.464. The summed E-state index contributed by atoms with van der Waals surface area (Å²) in [7, 11) is 0. The molecule has 2 N–H and O–H groups in total. The Morgan fingerprint density at radius 3 is 2.61 bits per heavy atom. The molecule has 0 bridgehead atoms. The number of benzene rings is 1. The lowest BCUT2D eigenvalue weighted by atomic mass is 10.1. The summed E-state index contributed by atoms with van der Waals surface area (Å²) >= 11 is 0. The molecule has 3 heteroatoms. The minimum absolute atomic E-state index is 0.388. The Kier molecular flexibility index (Phi) is 6.76. The zero-order valence-electron chi connectivity index (χ0n) is 11.6. The number of anilines is 1. The zero-order valence-corrected chi connectivity index (χ0v) is 11.6. The van der Waals surface area contributed by atoms with Crippen molar-refractivity contribution < 1.29 is 9.84 Å². The van der Waals surface area contributed by atoms with Gasteiger partial charge in [0, 0.05) is 18.8 Å². The van der Waals surface area contributed by atoms with E-state index in [1.165, 1.54) is 5.56 Å². The molecule has 1 aromatic carbocycles. The SMILES string of the molecule is CCc1ccccc1NCC(O)COCC(C)C. The molecule has 102 valence electrons. The first kappa shape index (κ1) is 15.0. The van der Waals surface area contributed by atoms with Crippen LogP contribution in [0.5, 0.6) is 0 Å². The highest BCUT2D eigenvalue weighted by Crippen LogP contribution is 2.15. The highest BCUT2D eigenvalue weighted by atomic mass is 16.5. The average Bonchev–Trinajstić information content (AvgIpc) is 2.36. The van der Waals surface area contributed by atoms with Crippen LogP contribution in [0.25, 0.3) is 0 Å². The Morgan fingerprint density at radius 2 is 1.94 bits per heavy atom. The van der Waals surface area contributed by atoms with Gasteiger partial charge in [-0.3, -0.25) is 0 Å². The smallest absolute Gasteiger partial charge is 0.0945 e. The van der Waals surface area contributed by atoms with E-state index in [0.717, 1.165) is 12.1 Å². The van der Waals surface area contributed by atoms with Crippen LogP contribution in [0.4, 0.5) is 5.69 Å². The van der Waals surface area contributed by atoms with E-state index in [4.69, 9.17) is 4.74 Å². The van der Waals surface area contributed by atoms with Crippen molar-refractivity contribution in [3.8, 4) is 0 Å². The van der Waals surface area contributed by atoms with Crippen molar-refractivity contribution >= 4 is 5.69 Å². The van der Waals surface area contributed by atoms with Crippen LogP contribution in [0.3, 0.4) is 0 Å². The number of nitrogens with one attached hydrogen (secondary N) is 1. The van der Waals surface area contributed by atoms with E-state index in [0.29, 0.717) is 25.7 Å². The standard InChI is InChI=1S/C15H25NO2/c1-4-13-7-5-6-8-15(13)16-9-14(17)11-18-10-12(2)3/h5-8,12,14,16-17H,4,9-11H2,1-3H3. The molecule has 0 fully saturated rings. The second kappa shape index (κ2) is 8.11. The Labute approximate surface area is 110 Å². The molecule has 0 aliphatic carbocycles. The number of aryl methyl sites for hydroxylation is 1. The van der Waals surface area contributed by atoms with Gasteiger partial charge in [-0.15, -0.1) is 0 Å². The molecule has 0 amide bonds. The van der Waals surface area contributed by atoms with E-state index in [9.17, 15) is 5.11 Å². The number of aliphatic hydroxyl groups is 1. The van der Waals surface area contributed by atoms with Crippen LogP contribution in [0.1, 0.15) is 26.3 Å². The summed E-state index contributed by atoms with van der Waals surface area (Å²) in [6.07, 6.45) is 0.525. The average molecular weight is 251 g/mol. The van der Waals surface area contributed by atoms with E-state index in [-0.39, 0.29) is 0 Å². The summed E-state index contributed by atoms with van der Waals surface area (Å²) < 4.78 is 5.41. The molecular formula is C15H25NO2. The maximum atomic E-state index is 9.80. The van der Waals surface area contributed by atoms with Crippen LogP contribution < -0.4 is 5.32 Å². The summed E-state index contributed by atoms with van der Waals surface area (Å²) in [5.74, 6) is 0.506. The fourth-order valence-electron chi connectivity index (χ4n) is 1.73. The summed E-state index contributed by atoms with van der Waals surface area (Å²) in [5.41, 5.74) is 2.37. The largest absolute Gasteiger partial charge is 0.389 e. The van der Waals surface area contributed by atoms with Crippen molar-refractivity contribution in [1.29, 1.82) is 0 Å². The van der Waals surface area contributed by atoms with Gasteiger partial charge < -0.3 is 15.2 Å². The highest BCUT2D eigenvalue weighted by molar-refractivity contribution is 5.51. The number of hydrogen-bond donors (Lipinski definition) is 2. The van der Waals surface area contributed by atoms with Crippen molar-refractivity contribution in [2.24, 2.45) is 5.92 Å². The monoisotopic (exact) mass is 251 g/mol. The van der Waals surface area contributed by atoms with Crippen LogP contribution in [0, 0.1) is 5.92 Å². The molecular weight excluding hydrogens is 226 g/mol. The Hall–Kier alpha value is -1.06. The van der Waals surface area contributed by atoms with E-state index in [2.05, 4.69) is 32.2 Å². The van der Waals surface area contributed by atoms with Crippen LogP contribution in [0.2, 0.25) is 0 Å². The molecule has 3 nitrogen and oxygen atoms in total. The Balaban J connectivity index is 2.31. The first-order valence-corrected chi connectivity index (χ1v) is 6.71. The van der Waals surface area contributed by atoms with Crippen LogP contribution >= 0.6 is 0 Å². The first-order valence-electron chi connectivity index (χ1n) is 6.71. The molecule has 0 radical (unpaired) electrons. The number of hydrogen-bond acceptors (Lipinski definition) is 3. The van der Waals surface area contributed by atoms with Gasteiger partial charge in [-0.05, 0) is 24.0 Å². The van der Waals surface area contributed by atoms with Gasteiger partial charge in [-0.25, -0.2) is 0 Å². The fourth-order valence-corrected chi connectivity index (χ4v) is 1.73. The van der Waals surface area contributed by atoms with Gasteiger partial charge in [-0.1, -0.05) is 39.0 Å². The molecule has 0 spiro atoms. The lowest BCUT2D eigenvalue weighted by molar-refractivity contribution is 0.0318. The van der Waals surface area contributed by atoms with E-state index in [1.54, 1.807) is 0 Å². The minimum Gasteiger partial charge on any atom is -0.389 e. The normalized spacial score (nSPS) is 12.7. The summed E-state index contributed by atoms with van der Waals surface area (Å²) in [4.78, 5) is 0. The van der Waals surface area contributed by atoms with Crippen molar-refractivity contribution in [2.75, 3.05) is 25.1 Å². The van der Waals surface area contributed by atoms with Gasteiger partial charge in [0.05, 0.1) is 12.7 Å². The molecule has 0 heterocycles. The number of para-hydroxylation sites is 1. The third-order valence-corrected chi connectivity index (χ3v) is 2.69. The van der Waals surface area contributed by atoms with Crippen LogP contribution in [0.15, 0.2) is 24.3 Å². The molecule has 0 aromatic heterocycles. The predicted octanol–water partition coefficient (Wildman–Crippen LogP) is 2.69. The molecule has 0 aliphatic heterocycles. The zero-order chi connectivity index (χ0) is 13.4. The van der Waals surface area contributed by atoms with E-state index >= 15 is 0 Å². The Morgan fingerprint density at radius 1 is 1.22 bits per heavy atom. The van der Waals surface area contributed by atoms with E-state index in [1.807, 2.05) is 18.2 Å². The van der Waals surface area contributed by atoms with Gasteiger partial charge in [0.2, 0.25) is 0 Å². The molecule has 1 rings (SSSR count). The molecule has 0 saturated carbocycles. The van der Waals surface area contributed by atoms with Crippen LogP contribution in [-0.2, 0) is 11.2 Å². The molecule has 18 heavy (non-hydrogen) atoms. The van der Waals surface area contributed by atoms with Gasteiger partial charge in [0.1, 0.15) is 0 Å². The van der Waals surface area contributed by atoms with Crippen molar-refractivity contribution in [2.45, 2.75) is 33.3 Å². The van der Waals surface area contributed by atoms with Gasteiger partial charge >= 0.3 is 0 Å². The number of aliphatic hydroxyl groups excluding tert-OH is 1. The first-order chi connectivity index (χ1) is 8.63. The topological polar surface area (TPSA) is 41.5 Å². The predicted molar refractivity (Wildman–Crippen MR) is 76.0 cm³/mol. The summed E-state index contributed by atoms with van der Waals surface area (Å²) in [6.45, 7) is 7.93. The molecule has 1 aromatic rings. The molecule has 0 aliphatic rings. The molecule has 1 unspecified atom stereocenters. The molecule has 0 saturated heterocycles.